The maximum Gasteiger partial charge on any atom is 0.415 e. The minimum absolute atomic E-state index is 0.153. The second kappa shape index (κ2) is 2.47. The lowest BCUT2D eigenvalue weighted by molar-refractivity contribution is -0.403. The average molecular weight is 141 g/mol. The molecular weight excluding hydrogens is 139 g/mol. The number of hydrogen-bond acceptors (Lipinski definition) is 2. The van der Waals surface area contributed by atoms with Gasteiger partial charge < -0.3 is 0 Å². The zero-order chi connectivity index (χ0) is 7.49. The summed E-state index contributed by atoms with van der Waals surface area (Å²) in [5, 5.41) is 9.26. The lowest BCUT2D eigenvalue weighted by Crippen LogP contribution is -2.02. The fraction of sp³-hybridized carbons (Fsp3) is 0.333. The molecule has 0 heterocycles. The minimum atomic E-state index is -4.59. The molecule has 0 spiro atoms. The summed E-state index contributed by atoms with van der Waals surface area (Å²) in [7, 11) is 0. The van der Waals surface area contributed by atoms with E-state index < -0.39 is 17.2 Å². The van der Waals surface area contributed by atoms with Gasteiger partial charge in [-0.05, 0) is 0 Å². The van der Waals surface area contributed by atoms with Crippen LogP contribution < -0.4 is 0 Å². The normalized spacial score (nSPS) is 12.3. The van der Waals surface area contributed by atoms with E-state index in [-0.39, 0.29) is 6.20 Å². The summed E-state index contributed by atoms with van der Waals surface area (Å²) >= 11 is 0. The van der Waals surface area contributed by atoms with Crippen molar-refractivity contribution in [3.63, 3.8) is 0 Å². The first-order chi connectivity index (χ1) is 3.92. The number of nitro groups is 1. The molecule has 0 amide bonds. The third kappa shape index (κ3) is 6.93. The van der Waals surface area contributed by atoms with Crippen molar-refractivity contribution in [1.29, 1.82) is 0 Å². The van der Waals surface area contributed by atoms with E-state index in [1.165, 1.54) is 0 Å². The van der Waals surface area contributed by atoms with Gasteiger partial charge in [-0.1, -0.05) is 0 Å². The number of allylic oxidation sites excluding steroid dienone is 1. The molecule has 0 aliphatic rings. The van der Waals surface area contributed by atoms with Crippen LogP contribution in [0.4, 0.5) is 13.2 Å². The van der Waals surface area contributed by atoms with E-state index in [4.69, 9.17) is 0 Å². The molecule has 0 fully saturated rings. The quantitative estimate of drug-likeness (QED) is 0.408. The summed E-state index contributed by atoms with van der Waals surface area (Å²) in [6.45, 7) is 0. The van der Waals surface area contributed by atoms with E-state index in [0.717, 1.165) is 0 Å². The molecule has 0 rings (SSSR count). The van der Waals surface area contributed by atoms with Gasteiger partial charge in [-0.25, -0.2) is 0 Å². The second-order valence-corrected chi connectivity index (χ2v) is 1.14. The van der Waals surface area contributed by atoms with Crippen molar-refractivity contribution in [3.8, 4) is 0 Å². The van der Waals surface area contributed by atoms with Crippen LogP contribution in [0.25, 0.3) is 0 Å². The van der Waals surface area contributed by atoms with E-state index in [2.05, 4.69) is 0 Å². The van der Waals surface area contributed by atoms with Crippen LogP contribution in [0.1, 0.15) is 0 Å². The highest BCUT2D eigenvalue weighted by Gasteiger charge is 2.23. The molecule has 3 nitrogen and oxygen atoms in total. The Morgan fingerprint density at radius 1 is 1.44 bits per heavy atom. The zero-order valence-electron chi connectivity index (χ0n) is 4.05. The van der Waals surface area contributed by atoms with Crippen LogP contribution in [0.2, 0.25) is 0 Å². The van der Waals surface area contributed by atoms with Crippen molar-refractivity contribution in [1.82, 2.24) is 0 Å². The smallest absolute Gasteiger partial charge is 0.259 e. The summed E-state index contributed by atoms with van der Waals surface area (Å²) in [6, 6.07) is 0. The Balaban J connectivity index is 3.86. The van der Waals surface area contributed by atoms with Crippen molar-refractivity contribution >= 4 is 0 Å². The van der Waals surface area contributed by atoms with Gasteiger partial charge >= 0.3 is 6.18 Å². The molecule has 0 saturated heterocycles. The van der Waals surface area contributed by atoms with Crippen LogP contribution in [-0.4, -0.2) is 11.1 Å². The lowest BCUT2D eigenvalue weighted by atomic mass is 10.6. The highest BCUT2D eigenvalue weighted by molar-refractivity contribution is 4.81. The minimum Gasteiger partial charge on any atom is -0.259 e. The molecule has 0 aromatic rings. The largest absolute Gasteiger partial charge is 0.415 e. The fourth-order valence-corrected chi connectivity index (χ4v) is 0.145. The SMILES string of the molecule is O=[N+]([O-])/C=C/C(F)(F)F. The van der Waals surface area contributed by atoms with Crippen LogP contribution in [0.15, 0.2) is 12.3 Å². The van der Waals surface area contributed by atoms with Crippen LogP contribution in [-0.2, 0) is 0 Å². The maximum atomic E-state index is 11.0. The van der Waals surface area contributed by atoms with Gasteiger partial charge in [0.05, 0.1) is 11.0 Å². The highest BCUT2D eigenvalue weighted by Crippen LogP contribution is 2.15. The molecule has 0 N–H and O–H groups in total. The molecule has 0 aromatic heterocycles. The molecule has 0 aliphatic heterocycles. The third-order valence-electron chi connectivity index (χ3n) is 0.385. The van der Waals surface area contributed by atoms with Gasteiger partial charge in [0.15, 0.2) is 0 Å². The standard InChI is InChI=1S/C3H2F3NO2/c4-3(5,6)1-2-7(8)9/h1-2H/b2-1+. The second-order valence-electron chi connectivity index (χ2n) is 1.14. The van der Waals surface area contributed by atoms with Gasteiger partial charge in [-0.2, -0.15) is 13.2 Å². The molecule has 0 aromatic carbocycles. The van der Waals surface area contributed by atoms with Gasteiger partial charge in [0, 0.05) is 0 Å². The predicted octanol–water partition coefficient (Wildman–Crippen LogP) is 1.34. The van der Waals surface area contributed by atoms with Crippen LogP contribution in [0, 0.1) is 10.1 Å². The first-order valence-electron chi connectivity index (χ1n) is 1.81. The van der Waals surface area contributed by atoms with Crippen molar-refractivity contribution in [3.05, 3.63) is 22.4 Å². The Labute approximate surface area is 47.9 Å². The molecule has 0 unspecified atom stereocenters. The molecule has 0 saturated carbocycles. The summed E-state index contributed by atoms with van der Waals surface area (Å²) in [4.78, 5) is 8.09. The van der Waals surface area contributed by atoms with Gasteiger partial charge in [-0.3, -0.25) is 10.1 Å². The van der Waals surface area contributed by atoms with Crippen molar-refractivity contribution < 1.29 is 18.1 Å². The van der Waals surface area contributed by atoms with E-state index >= 15 is 0 Å². The summed E-state index contributed by atoms with van der Waals surface area (Å²) in [5.74, 6) is 0. The van der Waals surface area contributed by atoms with Gasteiger partial charge in [0.2, 0.25) is 6.20 Å². The monoisotopic (exact) mass is 141 g/mol. The van der Waals surface area contributed by atoms with Crippen molar-refractivity contribution in [2.45, 2.75) is 6.18 Å². The van der Waals surface area contributed by atoms with E-state index in [0.29, 0.717) is 0 Å². The van der Waals surface area contributed by atoms with E-state index in [1.807, 2.05) is 0 Å². The van der Waals surface area contributed by atoms with Crippen LogP contribution in [0.3, 0.4) is 0 Å². The van der Waals surface area contributed by atoms with Gasteiger partial charge in [0.1, 0.15) is 0 Å². The van der Waals surface area contributed by atoms with Crippen LogP contribution >= 0.6 is 0 Å². The zero-order valence-corrected chi connectivity index (χ0v) is 4.05. The number of hydrogen-bond donors (Lipinski definition) is 0. The van der Waals surface area contributed by atoms with E-state index in [9.17, 15) is 23.3 Å². The lowest BCUT2D eigenvalue weighted by Gasteiger charge is -1.92. The topological polar surface area (TPSA) is 43.1 Å². The third-order valence-corrected chi connectivity index (χ3v) is 0.385. The number of alkyl halides is 3. The molecular formula is C3H2F3NO2. The predicted molar refractivity (Wildman–Crippen MR) is 22.2 cm³/mol. The Kier molecular flexibility index (Phi) is 2.18. The van der Waals surface area contributed by atoms with Crippen molar-refractivity contribution in [2.24, 2.45) is 0 Å². The maximum absolute atomic E-state index is 11.0. The fourth-order valence-electron chi connectivity index (χ4n) is 0.145. The molecule has 9 heavy (non-hydrogen) atoms. The van der Waals surface area contributed by atoms with Crippen molar-refractivity contribution in [2.75, 3.05) is 0 Å². The summed E-state index contributed by atoms with van der Waals surface area (Å²) in [6.07, 6.45) is -5.18. The first-order valence-corrected chi connectivity index (χ1v) is 1.81. The molecule has 0 atom stereocenters. The van der Waals surface area contributed by atoms with Gasteiger partial charge in [0.25, 0.3) is 0 Å². The molecule has 0 bridgehead atoms. The Bertz CT molecular complexity index is 138. The number of rotatable bonds is 1. The number of nitrogens with zero attached hydrogens (tertiary/aromatic N) is 1. The summed E-state index contributed by atoms with van der Waals surface area (Å²) in [5.41, 5.74) is 0. The first kappa shape index (κ1) is 7.93. The Morgan fingerprint density at radius 3 is 2.00 bits per heavy atom. The van der Waals surface area contributed by atoms with Gasteiger partial charge in [-0.15, -0.1) is 0 Å². The molecule has 0 radical (unpaired) electrons. The number of halogens is 3. The average Bonchev–Trinajstić information content (AvgIpc) is 1.59. The molecule has 52 valence electrons. The van der Waals surface area contributed by atoms with E-state index in [1.54, 1.807) is 0 Å². The Hall–Kier alpha value is -1.07. The highest BCUT2D eigenvalue weighted by atomic mass is 19.4. The summed E-state index contributed by atoms with van der Waals surface area (Å²) < 4.78 is 33.1. The van der Waals surface area contributed by atoms with Crippen LogP contribution in [0.5, 0.6) is 0 Å². The Morgan fingerprint density at radius 2 is 1.89 bits per heavy atom. The molecule has 0 aliphatic carbocycles. The molecule has 6 heteroatoms.